The first-order chi connectivity index (χ1) is 19.1. The summed E-state index contributed by atoms with van der Waals surface area (Å²) in [6.45, 7) is 10.4. The summed E-state index contributed by atoms with van der Waals surface area (Å²) in [5.41, 5.74) is 4.15. The van der Waals surface area contributed by atoms with Gasteiger partial charge in [-0.3, -0.25) is 19.8 Å². The number of amides is 2. The van der Waals surface area contributed by atoms with Crippen molar-refractivity contribution >= 4 is 41.0 Å². The van der Waals surface area contributed by atoms with E-state index in [-0.39, 0.29) is 17.6 Å². The Hall–Kier alpha value is -3.73. The van der Waals surface area contributed by atoms with Crippen LogP contribution in [0, 0.1) is 0 Å². The van der Waals surface area contributed by atoms with Gasteiger partial charge in [0.2, 0.25) is 0 Å². The first kappa shape index (κ1) is 29.3. The second kappa shape index (κ2) is 13.1. The normalized spacial score (nSPS) is 11.3. The molecular formula is C30H33N5O3S2. The van der Waals surface area contributed by atoms with Crippen LogP contribution in [0.3, 0.4) is 0 Å². The van der Waals surface area contributed by atoms with E-state index >= 15 is 0 Å². The van der Waals surface area contributed by atoms with Crippen molar-refractivity contribution in [3.05, 3.63) is 84.3 Å². The Morgan fingerprint density at radius 2 is 1.75 bits per heavy atom. The minimum Gasteiger partial charge on any atom is -0.447 e. The van der Waals surface area contributed by atoms with E-state index < -0.39 is 6.09 Å². The third-order valence-electron chi connectivity index (χ3n) is 5.40. The molecule has 0 atom stereocenters. The molecule has 2 aromatic carbocycles. The number of hydrogen-bond donors (Lipinski definition) is 3. The molecular weight excluding hydrogens is 542 g/mol. The number of pyridine rings is 1. The van der Waals surface area contributed by atoms with Gasteiger partial charge in [0, 0.05) is 57.9 Å². The quantitative estimate of drug-likeness (QED) is 0.182. The summed E-state index contributed by atoms with van der Waals surface area (Å²) in [4.78, 5) is 35.1. The first-order valence-corrected chi connectivity index (χ1v) is 14.5. The van der Waals surface area contributed by atoms with Crippen molar-refractivity contribution in [1.29, 1.82) is 0 Å². The first-order valence-electron chi connectivity index (χ1n) is 12.9. The van der Waals surface area contributed by atoms with Crippen molar-refractivity contribution in [2.24, 2.45) is 0 Å². The van der Waals surface area contributed by atoms with Crippen molar-refractivity contribution in [2.75, 3.05) is 5.32 Å². The number of ether oxygens (including phenoxy) is 1. The summed E-state index contributed by atoms with van der Waals surface area (Å²) in [5.74, 6) is -0.140. The average molecular weight is 576 g/mol. The highest BCUT2D eigenvalue weighted by molar-refractivity contribution is 7.97. The number of nitrogens with zero attached hydrogens (tertiary/aromatic N) is 2. The minimum absolute atomic E-state index is 0.0935. The zero-order valence-electron chi connectivity index (χ0n) is 23.1. The van der Waals surface area contributed by atoms with Gasteiger partial charge in [-0.25, -0.2) is 9.78 Å². The molecule has 4 aromatic rings. The number of carbonyl (C=O) groups is 2. The summed E-state index contributed by atoms with van der Waals surface area (Å²) >= 11 is 3.16. The lowest BCUT2D eigenvalue weighted by Gasteiger charge is -2.21. The molecule has 208 valence electrons. The van der Waals surface area contributed by atoms with Gasteiger partial charge in [-0.2, -0.15) is 0 Å². The molecule has 0 aliphatic rings. The maximum atomic E-state index is 12.5. The number of benzene rings is 2. The Bertz CT molecular complexity index is 1450. The van der Waals surface area contributed by atoms with Gasteiger partial charge in [-0.05, 0) is 94.6 Å². The van der Waals surface area contributed by atoms with E-state index in [1.165, 1.54) is 0 Å². The smallest absolute Gasteiger partial charge is 0.411 e. The number of anilines is 1. The summed E-state index contributed by atoms with van der Waals surface area (Å²) in [5, 5.41) is 6.59. The number of thiazole rings is 1. The lowest BCUT2D eigenvalue weighted by atomic mass is 10.1. The third-order valence-corrected chi connectivity index (χ3v) is 7.75. The predicted octanol–water partition coefficient (Wildman–Crippen LogP) is 7.15. The Morgan fingerprint density at radius 3 is 2.42 bits per heavy atom. The Balaban J connectivity index is 1.52. The predicted molar refractivity (Wildman–Crippen MR) is 162 cm³/mol. The highest BCUT2D eigenvalue weighted by Gasteiger charge is 2.16. The molecule has 0 aliphatic carbocycles. The fraction of sp³-hybridized carbons (Fsp3) is 0.267. The molecule has 0 radical (unpaired) electrons. The van der Waals surface area contributed by atoms with E-state index in [2.05, 4.69) is 58.2 Å². The summed E-state index contributed by atoms with van der Waals surface area (Å²) in [6.07, 6.45) is 4.43. The maximum Gasteiger partial charge on any atom is 0.411 e. The zero-order chi connectivity index (χ0) is 28.7. The van der Waals surface area contributed by atoms with Crippen LogP contribution in [0.15, 0.2) is 78.1 Å². The molecule has 40 heavy (non-hydrogen) atoms. The lowest BCUT2D eigenvalue weighted by Crippen LogP contribution is -2.29. The number of rotatable bonds is 9. The van der Waals surface area contributed by atoms with Crippen LogP contribution in [0.5, 0.6) is 0 Å². The van der Waals surface area contributed by atoms with Gasteiger partial charge < -0.3 is 10.1 Å². The van der Waals surface area contributed by atoms with Crippen LogP contribution in [-0.4, -0.2) is 33.6 Å². The van der Waals surface area contributed by atoms with Crippen LogP contribution < -0.4 is 15.4 Å². The molecule has 4 rings (SSSR count). The molecule has 3 N–H and O–H groups in total. The molecule has 0 fully saturated rings. The molecule has 0 spiro atoms. The number of carbonyl (C=O) groups excluding carboxylic acids is 2. The van der Waals surface area contributed by atoms with E-state index in [9.17, 15) is 9.59 Å². The maximum absolute atomic E-state index is 12.5. The van der Waals surface area contributed by atoms with Crippen LogP contribution in [0.1, 0.15) is 50.5 Å². The highest BCUT2D eigenvalue weighted by Crippen LogP contribution is 2.38. The van der Waals surface area contributed by atoms with Crippen LogP contribution in [0.2, 0.25) is 0 Å². The SMILES string of the molecule is CC(C)OC(=O)Nc1ccc(-c2ncc(-c3ccc(CNC(=O)c4ccncc4)cc3SNC(C)(C)C)s2)cc1. The van der Waals surface area contributed by atoms with E-state index in [1.807, 2.05) is 36.5 Å². The van der Waals surface area contributed by atoms with Gasteiger partial charge in [0.1, 0.15) is 5.01 Å². The van der Waals surface area contributed by atoms with Crippen LogP contribution in [-0.2, 0) is 11.3 Å². The second-order valence-corrected chi connectivity index (χ2v) is 12.3. The van der Waals surface area contributed by atoms with Crippen LogP contribution >= 0.6 is 23.3 Å². The van der Waals surface area contributed by atoms with Gasteiger partial charge in [-0.1, -0.05) is 12.1 Å². The highest BCUT2D eigenvalue weighted by atomic mass is 32.2. The molecule has 2 amide bonds. The fourth-order valence-electron chi connectivity index (χ4n) is 3.55. The van der Waals surface area contributed by atoms with Crippen LogP contribution in [0.4, 0.5) is 10.5 Å². The topological polar surface area (TPSA) is 105 Å². The van der Waals surface area contributed by atoms with E-state index in [4.69, 9.17) is 4.74 Å². The molecule has 10 heteroatoms. The van der Waals surface area contributed by atoms with Gasteiger partial charge in [0.25, 0.3) is 5.91 Å². The van der Waals surface area contributed by atoms with Gasteiger partial charge in [0.05, 0.1) is 11.0 Å². The van der Waals surface area contributed by atoms with Crippen molar-refractivity contribution in [1.82, 2.24) is 20.0 Å². The molecule has 0 aliphatic heterocycles. The molecule has 0 unspecified atom stereocenters. The third kappa shape index (κ3) is 8.38. The van der Waals surface area contributed by atoms with Gasteiger partial charge in [0.15, 0.2) is 0 Å². The second-order valence-electron chi connectivity index (χ2n) is 10.4. The summed E-state index contributed by atoms with van der Waals surface area (Å²) in [6, 6.07) is 17.1. The van der Waals surface area contributed by atoms with E-state index in [0.29, 0.717) is 17.8 Å². The average Bonchev–Trinajstić information content (AvgIpc) is 3.41. The number of hydrogen-bond acceptors (Lipinski definition) is 8. The van der Waals surface area contributed by atoms with Crippen LogP contribution in [0.25, 0.3) is 21.0 Å². The van der Waals surface area contributed by atoms with E-state index in [0.717, 1.165) is 31.5 Å². The zero-order valence-corrected chi connectivity index (χ0v) is 24.8. The molecule has 0 saturated carbocycles. The largest absolute Gasteiger partial charge is 0.447 e. The van der Waals surface area contributed by atoms with Crippen molar-refractivity contribution in [2.45, 2.75) is 57.7 Å². The summed E-state index contributed by atoms with van der Waals surface area (Å²) < 4.78 is 8.64. The Kier molecular flexibility index (Phi) is 9.57. The molecule has 8 nitrogen and oxygen atoms in total. The van der Waals surface area contributed by atoms with Crippen molar-refractivity contribution < 1.29 is 14.3 Å². The fourth-order valence-corrected chi connectivity index (χ4v) is 5.49. The van der Waals surface area contributed by atoms with E-state index in [1.54, 1.807) is 61.7 Å². The molecule has 2 aromatic heterocycles. The molecule has 2 heterocycles. The Labute approximate surface area is 243 Å². The number of aromatic nitrogens is 2. The Morgan fingerprint density at radius 1 is 1.02 bits per heavy atom. The van der Waals surface area contributed by atoms with Gasteiger partial charge in [-0.15, -0.1) is 11.3 Å². The number of nitrogens with one attached hydrogen (secondary N) is 3. The molecule has 0 saturated heterocycles. The monoisotopic (exact) mass is 575 g/mol. The minimum atomic E-state index is -0.478. The molecule has 0 bridgehead atoms. The lowest BCUT2D eigenvalue weighted by molar-refractivity contribution is 0.0950. The van der Waals surface area contributed by atoms with Crippen molar-refractivity contribution in [3.8, 4) is 21.0 Å². The summed E-state index contributed by atoms with van der Waals surface area (Å²) in [7, 11) is 0. The van der Waals surface area contributed by atoms with Crippen molar-refractivity contribution in [3.63, 3.8) is 0 Å². The van der Waals surface area contributed by atoms with Gasteiger partial charge >= 0.3 is 6.09 Å². The standard InChI is InChI=1S/C30H33N5O3S2/c1-19(2)38-29(37)34-23-9-7-22(8-10-23)28-33-18-26(39-28)24-11-6-20(16-25(24)40-35-30(3,4)5)17-32-27(36)21-12-14-31-15-13-21/h6-16,18-19,35H,17H2,1-5H3,(H,32,36)(H,34,37).